The second-order valence-electron chi connectivity index (χ2n) is 9.03. The van der Waals surface area contributed by atoms with E-state index >= 15 is 0 Å². The van der Waals surface area contributed by atoms with Crippen LogP contribution in [0.1, 0.15) is 30.0 Å². The molecule has 3 aromatic rings. The fourth-order valence-electron chi connectivity index (χ4n) is 4.34. The van der Waals surface area contributed by atoms with E-state index in [0.717, 1.165) is 29.8 Å². The molecule has 0 radical (unpaired) electrons. The average Bonchev–Trinajstić information content (AvgIpc) is 3.77. The van der Waals surface area contributed by atoms with Crippen molar-refractivity contribution in [2.45, 2.75) is 24.0 Å². The lowest BCUT2D eigenvalue weighted by molar-refractivity contribution is -0.132. The van der Waals surface area contributed by atoms with Gasteiger partial charge in [-0.2, -0.15) is 0 Å². The first-order valence-corrected chi connectivity index (χ1v) is 13.5. The second kappa shape index (κ2) is 11.3. The van der Waals surface area contributed by atoms with Gasteiger partial charge in [-0.1, -0.05) is 84.0 Å². The summed E-state index contributed by atoms with van der Waals surface area (Å²) in [6, 6.07) is 21.3. The highest BCUT2D eigenvalue weighted by Crippen LogP contribution is 2.32. The van der Waals surface area contributed by atoms with E-state index in [2.05, 4.69) is 20.2 Å². The highest BCUT2D eigenvalue weighted by molar-refractivity contribution is 7.99. The largest absolute Gasteiger partial charge is 0.353 e. The number of anilines is 1. The Morgan fingerprint density at radius 1 is 0.944 bits per heavy atom. The summed E-state index contributed by atoms with van der Waals surface area (Å²) in [5.74, 6) is 1.29. The van der Waals surface area contributed by atoms with E-state index in [0.29, 0.717) is 36.5 Å². The van der Waals surface area contributed by atoms with Crippen LogP contribution in [0.4, 0.5) is 5.82 Å². The van der Waals surface area contributed by atoms with E-state index in [1.54, 1.807) is 6.07 Å². The van der Waals surface area contributed by atoms with Crippen molar-refractivity contribution in [2.24, 2.45) is 5.92 Å². The van der Waals surface area contributed by atoms with Crippen molar-refractivity contribution in [3.05, 3.63) is 83.0 Å². The maximum absolute atomic E-state index is 12.9. The second-order valence-corrected chi connectivity index (χ2v) is 10.4. The number of hydrogen-bond donors (Lipinski definition) is 1. The van der Waals surface area contributed by atoms with Crippen molar-refractivity contribution in [1.29, 1.82) is 0 Å². The van der Waals surface area contributed by atoms with Crippen molar-refractivity contribution in [3.8, 4) is 0 Å². The molecule has 2 fully saturated rings. The Kier molecular flexibility index (Phi) is 7.72. The number of halogens is 1. The SMILES string of the molecule is O=C(CSc1nc(Cl)cc(N2CCN(C(=O)C3CC3)CC2)n1)NC(c1ccccc1)c1ccccc1. The molecule has 1 saturated heterocycles. The van der Waals surface area contributed by atoms with Crippen LogP contribution in [-0.4, -0.2) is 58.6 Å². The molecular formula is C27H28ClN5O2S. The van der Waals surface area contributed by atoms with Crippen LogP contribution in [-0.2, 0) is 9.59 Å². The third-order valence-electron chi connectivity index (χ3n) is 6.41. The smallest absolute Gasteiger partial charge is 0.231 e. The molecule has 0 bridgehead atoms. The first-order chi connectivity index (χ1) is 17.6. The summed E-state index contributed by atoms with van der Waals surface area (Å²) in [6.45, 7) is 2.77. The monoisotopic (exact) mass is 521 g/mol. The summed E-state index contributed by atoms with van der Waals surface area (Å²) in [6.07, 6.45) is 2.04. The number of nitrogens with one attached hydrogen (secondary N) is 1. The third kappa shape index (κ3) is 6.17. The zero-order valence-electron chi connectivity index (χ0n) is 19.8. The van der Waals surface area contributed by atoms with E-state index in [1.807, 2.05) is 65.6 Å². The summed E-state index contributed by atoms with van der Waals surface area (Å²) in [7, 11) is 0. The maximum atomic E-state index is 12.9. The summed E-state index contributed by atoms with van der Waals surface area (Å²) >= 11 is 7.56. The molecule has 2 aromatic carbocycles. The van der Waals surface area contributed by atoms with Gasteiger partial charge >= 0.3 is 0 Å². The third-order valence-corrected chi connectivity index (χ3v) is 7.45. The fraction of sp³-hybridized carbons (Fsp3) is 0.333. The summed E-state index contributed by atoms with van der Waals surface area (Å²) in [5, 5.41) is 3.94. The molecule has 0 spiro atoms. The van der Waals surface area contributed by atoms with Crippen molar-refractivity contribution in [3.63, 3.8) is 0 Å². The van der Waals surface area contributed by atoms with Crippen molar-refractivity contribution < 1.29 is 9.59 Å². The number of hydrogen-bond acceptors (Lipinski definition) is 6. The zero-order chi connectivity index (χ0) is 24.9. The van der Waals surface area contributed by atoms with Crippen LogP contribution >= 0.6 is 23.4 Å². The molecule has 0 unspecified atom stereocenters. The highest BCUT2D eigenvalue weighted by atomic mass is 35.5. The Labute approximate surface area is 220 Å². The van der Waals surface area contributed by atoms with E-state index in [-0.39, 0.29) is 29.5 Å². The lowest BCUT2D eigenvalue weighted by Crippen LogP contribution is -2.49. The minimum absolute atomic E-state index is 0.116. The van der Waals surface area contributed by atoms with Gasteiger partial charge in [0.25, 0.3) is 0 Å². The molecule has 0 atom stereocenters. The van der Waals surface area contributed by atoms with Crippen LogP contribution in [0, 0.1) is 5.92 Å². The molecule has 1 saturated carbocycles. The van der Waals surface area contributed by atoms with Crippen LogP contribution in [0.15, 0.2) is 71.9 Å². The van der Waals surface area contributed by atoms with Crippen LogP contribution in [0.3, 0.4) is 0 Å². The van der Waals surface area contributed by atoms with Gasteiger partial charge in [0.15, 0.2) is 5.16 Å². The lowest BCUT2D eigenvalue weighted by atomic mass is 9.99. The Bertz CT molecular complexity index is 1160. The number of aromatic nitrogens is 2. The Hall–Kier alpha value is -3.10. The minimum atomic E-state index is -0.244. The molecule has 36 heavy (non-hydrogen) atoms. The molecule has 2 amide bonds. The van der Waals surface area contributed by atoms with E-state index in [1.165, 1.54) is 11.8 Å². The number of amides is 2. The predicted octanol–water partition coefficient (Wildman–Crippen LogP) is 4.19. The summed E-state index contributed by atoms with van der Waals surface area (Å²) in [4.78, 5) is 38.3. The summed E-state index contributed by atoms with van der Waals surface area (Å²) < 4.78 is 0. The Balaban J connectivity index is 1.21. The Morgan fingerprint density at radius 3 is 2.14 bits per heavy atom. The van der Waals surface area contributed by atoms with Gasteiger partial charge in [-0.3, -0.25) is 9.59 Å². The van der Waals surface area contributed by atoms with Gasteiger partial charge in [0.2, 0.25) is 11.8 Å². The molecule has 9 heteroatoms. The van der Waals surface area contributed by atoms with Crippen LogP contribution in [0.5, 0.6) is 0 Å². The fourth-order valence-corrected chi connectivity index (χ4v) is 5.23. The molecular weight excluding hydrogens is 494 g/mol. The molecule has 186 valence electrons. The van der Waals surface area contributed by atoms with Crippen LogP contribution < -0.4 is 10.2 Å². The molecule has 7 nitrogen and oxygen atoms in total. The number of carbonyl (C=O) groups excluding carboxylic acids is 2. The first-order valence-electron chi connectivity index (χ1n) is 12.2. The van der Waals surface area contributed by atoms with Crippen molar-refractivity contribution in [1.82, 2.24) is 20.2 Å². The molecule has 5 rings (SSSR count). The minimum Gasteiger partial charge on any atom is -0.353 e. The first kappa shape index (κ1) is 24.6. The van der Waals surface area contributed by atoms with Crippen LogP contribution in [0.2, 0.25) is 5.15 Å². The number of rotatable bonds is 8. The van der Waals surface area contributed by atoms with Gasteiger partial charge < -0.3 is 15.1 Å². The van der Waals surface area contributed by atoms with Gasteiger partial charge in [0.1, 0.15) is 11.0 Å². The highest BCUT2D eigenvalue weighted by Gasteiger charge is 2.34. The topological polar surface area (TPSA) is 78.4 Å². The number of piperazine rings is 1. The average molecular weight is 522 g/mol. The van der Waals surface area contributed by atoms with Gasteiger partial charge in [-0.05, 0) is 24.0 Å². The van der Waals surface area contributed by atoms with Gasteiger partial charge in [-0.25, -0.2) is 9.97 Å². The Morgan fingerprint density at radius 2 is 1.56 bits per heavy atom. The quantitative estimate of drug-likeness (QED) is 0.272. The van der Waals surface area contributed by atoms with Gasteiger partial charge in [0, 0.05) is 38.2 Å². The molecule has 1 aliphatic carbocycles. The van der Waals surface area contributed by atoms with E-state index in [9.17, 15) is 9.59 Å². The number of nitrogens with zero attached hydrogens (tertiary/aromatic N) is 4. The number of carbonyl (C=O) groups is 2. The molecule has 2 aliphatic rings. The standard InChI is InChI=1S/C27H28ClN5O2S/c28-22-17-23(32-13-15-33(16-14-32)26(35)21-11-12-21)30-27(29-22)36-18-24(34)31-25(19-7-3-1-4-8-19)20-9-5-2-6-10-20/h1-10,17,21,25H,11-16,18H2,(H,31,34). The molecule has 1 aliphatic heterocycles. The molecule has 1 N–H and O–H groups in total. The zero-order valence-corrected chi connectivity index (χ0v) is 21.4. The maximum Gasteiger partial charge on any atom is 0.231 e. The lowest BCUT2D eigenvalue weighted by Gasteiger charge is -2.35. The van der Waals surface area contributed by atoms with E-state index < -0.39 is 0 Å². The number of thioether (sulfide) groups is 1. The molecule has 2 heterocycles. The van der Waals surface area contributed by atoms with E-state index in [4.69, 9.17) is 11.6 Å². The van der Waals surface area contributed by atoms with Gasteiger partial charge in [0.05, 0.1) is 11.8 Å². The summed E-state index contributed by atoms with van der Waals surface area (Å²) in [5.41, 5.74) is 2.03. The van der Waals surface area contributed by atoms with Crippen molar-refractivity contribution >= 4 is 41.0 Å². The predicted molar refractivity (Wildman–Crippen MR) is 142 cm³/mol. The number of benzene rings is 2. The van der Waals surface area contributed by atoms with Crippen LogP contribution in [0.25, 0.3) is 0 Å². The van der Waals surface area contributed by atoms with Crippen molar-refractivity contribution in [2.75, 3.05) is 36.8 Å². The molecule has 1 aromatic heterocycles. The normalized spacial score (nSPS) is 15.7. The van der Waals surface area contributed by atoms with Gasteiger partial charge in [-0.15, -0.1) is 0 Å².